The van der Waals surface area contributed by atoms with E-state index in [0.29, 0.717) is 10.0 Å². The summed E-state index contributed by atoms with van der Waals surface area (Å²) in [6.45, 7) is 1.78. The Kier molecular flexibility index (Phi) is 3.48. The van der Waals surface area contributed by atoms with Crippen molar-refractivity contribution in [1.29, 1.82) is 0 Å². The Balaban J connectivity index is 2.69. The molecule has 0 aliphatic carbocycles. The van der Waals surface area contributed by atoms with Crippen molar-refractivity contribution in [3.05, 3.63) is 27.9 Å². The zero-order valence-corrected chi connectivity index (χ0v) is 11.7. The van der Waals surface area contributed by atoms with Gasteiger partial charge in [0.25, 0.3) is 0 Å². The monoisotopic (exact) mass is 327 g/mol. The SMILES string of the molecule is COc1c(O)cc(Br)c(C)c1-c1cc(C(=O)O)no1. The molecule has 0 aliphatic heterocycles. The van der Waals surface area contributed by atoms with Crippen LogP contribution < -0.4 is 4.74 Å². The van der Waals surface area contributed by atoms with Gasteiger partial charge in [0.2, 0.25) is 0 Å². The molecule has 0 saturated heterocycles. The van der Waals surface area contributed by atoms with Gasteiger partial charge in [-0.2, -0.15) is 0 Å². The number of aromatic carboxylic acids is 1. The first-order valence-corrected chi connectivity index (χ1v) is 6.01. The van der Waals surface area contributed by atoms with Gasteiger partial charge in [-0.15, -0.1) is 0 Å². The highest BCUT2D eigenvalue weighted by atomic mass is 79.9. The molecule has 19 heavy (non-hydrogen) atoms. The fourth-order valence-corrected chi connectivity index (χ4v) is 2.12. The Labute approximate surface area is 116 Å². The molecule has 0 unspecified atom stereocenters. The molecule has 0 radical (unpaired) electrons. The van der Waals surface area contributed by atoms with E-state index in [2.05, 4.69) is 21.1 Å². The van der Waals surface area contributed by atoms with Gasteiger partial charge >= 0.3 is 5.97 Å². The lowest BCUT2D eigenvalue weighted by Crippen LogP contribution is -1.95. The second-order valence-electron chi connectivity index (χ2n) is 3.79. The first-order valence-electron chi connectivity index (χ1n) is 5.22. The van der Waals surface area contributed by atoms with Gasteiger partial charge < -0.3 is 19.5 Å². The van der Waals surface area contributed by atoms with E-state index in [9.17, 15) is 9.90 Å². The number of carboxylic acids is 1. The van der Waals surface area contributed by atoms with Gasteiger partial charge in [0.15, 0.2) is 23.0 Å². The number of methoxy groups -OCH3 is 1. The third-order valence-electron chi connectivity index (χ3n) is 2.64. The molecule has 0 atom stereocenters. The number of aromatic nitrogens is 1. The van der Waals surface area contributed by atoms with Gasteiger partial charge in [0.05, 0.1) is 12.7 Å². The number of aromatic hydroxyl groups is 1. The van der Waals surface area contributed by atoms with Crippen molar-refractivity contribution in [1.82, 2.24) is 5.16 Å². The number of ether oxygens (including phenoxy) is 1. The van der Waals surface area contributed by atoms with E-state index in [-0.39, 0.29) is 23.0 Å². The number of hydrogen-bond donors (Lipinski definition) is 2. The fourth-order valence-electron chi connectivity index (χ4n) is 1.71. The minimum atomic E-state index is -1.19. The zero-order chi connectivity index (χ0) is 14.2. The van der Waals surface area contributed by atoms with Crippen LogP contribution in [0.25, 0.3) is 11.3 Å². The van der Waals surface area contributed by atoms with Gasteiger partial charge in [-0.25, -0.2) is 4.79 Å². The standard InChI is InChI=1S/C12H10BrNO5/c1-5-6(13)3-8(15)11(18-2)10(5)9-4-7(12(16)17)14-19-9/h3-4,15H,1-2H3,(H,16,17). The molecule has 6 nitrogen and oxygen atoms in total. The summed E-state index contributed by atoms with van der Waals surface area (Å²) in [7, 11) is 1.40. The molecule has 0 saturated carbocycles. The van der Waals surface area contributed by atoms with Crippen LogP contribution in [0, 0.1) is 6.92 Å². The van der Waals surface area contributed by atoms with Crippen molar-refractivity contribution < 1.29 is 24.3 Å². The van der Waals surface area contributed by atoms with Gasteiger partial charge in [-0.05, 0) is 18.6 Å². The number of hydrogen-bond acceptors (Lipinski definition) is 5. The van der Waals surface area contributed by atoms with Crippen LogP contribution >= 0.6 is 15.9 Å². The molecule has 1 heterocycles. The van der Waals surface area contributed by atoms with E-state index in [4.69, 9.17) is 14.4 Å². The highest BCUT2D eigenvalue weighted by Gasteiger charge is 2.21. The van der Waals surface area contributed by atoms with E-state index in [0.717, 1.165) is 5.56 Å². The van der Waals surface area contributed by atoms with Crippen LogP contribution in [0.2, 0.25) is 0 Å². The van der Waals surface area contributed by atoms with Gasteiger partial charge in [-0.1, -0.05) is 21.1 Å². The molecule has 1 aromatic carbocycles. The van der Waals surface area contributed by atoms with Crippen molar-refractivity contribution >= 4 is 21.9 Å². The van der Waals surface area contributed by atoms with Gasteiger partial charge in [-0.3, -0.25) is 0 Å². The molecule has 1 aromatic heterocycles. The zero-order valence-electron chi connectivity index (χ0n) is 10.1. The highest BCUT2D eigenvalue weighted by Crippen LogP contribution is 2.43. The fraction of sp³-hybridized carbons (Fsp3) is 0.167. The second-order valence-corrected chi connectivity index (χ2v) is 4.65. The molecule has 2 rings (SSSR count). The van der Waals surface area contributed by atoms with Crippen molar-refractivity contribution in [2.45, 2.75) is 6.92 Å². The van der Waals surface area contributed by atoms with E-state index in [1.807, 2.05) is 0 Å². The maximum absolute atomic E-state index is 10.8. The lowest BCUT2D eigenvalue weighted by atomic mass is 10.0. The van der Waals surface area contributed by atoms with Crippen LogP contribution in [0.5, 0.6) is 11.5 Å². The quantitative estimate of drug-likeness (QED) is 0.900. The summed E-state index contributed by atoms with van der Waals surface area (Å²) in [5.41, 5.74) is 0.980. The molecule has 2 N–H and O–H groups in total. The largest absolute Gasteiger partial charge is 0.504 e. The number of phenols is 1. The lowest BCUT2D eigenvalue weighted by Gasteiger charge is -2.12. The van der Waals surface area contributed by atoms with Gasteiger partial charge in [0, 0.05) is 10.5 Å². The minimum absolute atomic E-state index is 0.0803. The summed E-state index contributed by atoms with van der Waals surface area (Å²) in [5, 5.41) is 22.1. The van der Waals surface area contributed by atoms with Crippen LogP contribution in [0.15, 0.2) is 21.1 Å². The summed E-state index contributed by atoms with van der Waals surface area (Å²) in [6, 6.07) is 2.77. The molecule has 0 spiro atoms. The van der Waals surface area contributed by atoms with E-state index >= 15 is 0 Å². The Bertz CT molecular complexity index is 650. The first kappa shape index (κ1) is 13.4. The molecule has 100 valence electrons. The topological polar surface area (TPSA) is 92.8 Å². The average Bonchev–Trinajstić information content (AvgIpc) is 2.82. The normalized spacial score (nSPS) is 10.5. The molecule has 0 amide bonds. The van der Waals surface area contributed by atoms with Crippen molar-refractivity contribution in [3.8, 4) is 22.8 Å². The number of halogens is 1. The highest BCUT2D eigenvalue weighted by molar-refractivity contribution is 9.10. The number of carboxylic acid groups (broad SMARTS) is 1. The van der Waals surface area contributed by atoms with E-state index in [1.54, 1.807) is 6.92 Å². The predicted molar refractivity (Wildman–Crippen MR) is 69.6 cm³/mol. The second kappa shape index (κ2) is 4.93. The van der Waals surface area contributed by atoms with Crippen molar-refractivity contribution in [2.75, 3.05) is 7.11 Å². The predicted octanol–water partition coefficient (Wildman–Crippen LogP) is 2.82. The van der Waals surface area contributed by atoms with Gasteiger partial charge in [0.1, 0.15) is 0 Å². The summed E-state index contributed by atoms with van der Waals surface area (Å²) in [5.74, 6) is -0.855. The molecule has 0 aliphatic rings. The van der Waals surface area contributed by atoms with E-state index in [1.165, 1.54) is 19.2 Å². The summed E-state index contributed by atoms with van der Waals surface area (Å²) in [4.78, 5) is 10.8. The first-order chi connectivity index (χ1) is 8.95. The number of rotatable bonds is 3. The lowest BCUT2D eigenvalue weighted by molar-refractivity contribution is 0.0686. The Hall–Kier alpha value is -2.02. The molecule has 0 fully saturated rings. The maximum Gasteiger partial charge on any atom is 0.358 e. The van der Waals surface area contributed by atoms with E-state index < -0.39 is 5.97 Å². The van der Waals surface area contributed by atoms with Crippen LogP contribution in [-0.2, 0) is 0 Å². The Morgan fingerprint density at radius 2 is 2.16 bits per heavy atom. The molecular weight excluding hydrogens is 318 g/mol. The summed E-state index contributed by atoms with van der Waals surface area (Å²) < 4.78 is 10.8. The molecule has 0 bridgehead atoms. The smallest absolute Gasteiger partial charge is 0.358 e. The number of phenolic OH excluding ortho intramolecular Hbond substituents is 1. The number of benzene rings is 1. The minimum Gasteiger partial charge on any atom is -0.504 e. The van der Waals surface area contributed by atoms with Crippen LogP contribution in [0.1, 0.15) is 16.1 Å². The third kappa shape index (κ3) is 2.28. The average molecular weight is 328 g/mol. The van der Waals surface area contributed by atoms with Crippen LogP contribution in [0.3, 0.4) is 0 Å². The summed E-state index contributed by atoms with van der Waals surface area (Å²) in [6.07, 6.45) is 0. The third-order valence-corrected chi connectivity index (χ3v) is 3.46. The Morgan fingerprint density at radius 3 is 2.68 bits per heavy atom. The van der Waals surface area contributed by atoms with Crippen molar-refractivity contribution in [2.24, 2.45) is 0 Å². The maximum atomic E-state index is 10.8. The van der Waals surface area contributed by atoms with Crippen molar-refractivity contribution in [3.63, 3.8) is 0 Å². The van der Waals surface area contributed by atoms with Crippen LogP contribution in [-0.4, -0.2) is 28.4 Å². The number of nitrogens with zero attached hydrogens (tertiary/aromatic N) is 1. The molecule has 7 heteroatoms. The van der Waals surface area contributed by atoms with Crippen LogP contribution in [0.4, 0.5) is 0 Å². The molecular formula is C12H10BrNO5. The molecule has 2 aromatic rings. The Morgan fingerprint density at radius 1 is 1.47 bits per heavy atom. The summed E-state index contributed by atoms with van der Waals surface area (Å²) >= 11 is 3.30. The number of carbonyl (C=O) groups is 1.